The van der Waals surface area contributed by atoms with Crippen LogP contribution in [0.25, 0.3) is 0 Å². The van der Waals surface area contributed by atoms with Crippen molar-refractivity contribution >= 4 is 11.8 Å². The number of thioether (sulfide) groups is 1. The third-order valence-corrected chi connectivity index (χ3v) is 4.39. The molecule has 0 saturated carbocycles. The number of hydrogen-bond donors (Lipinski definition) is 0. The van der Waals surface area contributed by atoms with Gasteiger partial charge in [-0.2, -0.15) is 5.26 Å². The molecule has 0 saturated heterocycles. The van der Waals surface area contributed by atoms with Crippen molar-refractivity contribution in [2.75, 3.05) is 0 Å². The van der Waals surface area contributed by atoms with Gasteiger partial charge >= 0.3 is 0 Å². The van der Waals surface area contributed by atoms with Gasteiger partial charge in [-0.05, 0) is 29.8 Å². The monoisotopic (exact) mass is 291 g/mol. The lowest BCUT2D eigenvalue weighted by Crippen LogP contribution is -2.04. The van der Waals surface area contributed by atoms with Crippen LogP contribution in [0.15, 0.2) is 78.2 Å². The van der Waals surface area contributed by atoms with Gasteiger partial charge in [0.15, 0.2) is 0 Å². The lowest BCUT2D eigenvalue weighted by molar-refractivity contribution is 0.775. The minimum absolute atomic E-state index is 0.0997. The summed E-state index contributed by atoms with van der Waals surface area (Å²) in [6.07, 6.45) is 5.56. The number of imidazole rings is 1. The Kier molecular flexibility index (Phi) is 4.04. The van der Waals surface area contributed by atoms with Gasteiger partial charge in [0.2, 0.25) is 0 Å². The molecule has 2 aromatic carbocycles. The van der Waals surface area contributed by atoms with Crippen LogP contribution in [0.3, 0.4) is 0 Å². The van der Waals surface area contributed by atoms with Crippen molar-refractivity contribution < 1.29 is 0 Å². The molecule has 102 valence electrons. The first-order valence-corrected chi connectivity index (χ1v) is 7.44. The Morgan fingerprint density at radius 3 is 2.43 bits per heavy atom. The molecule has 0 aliphatic carbocycles. The van der Waals surface area contributed by atoms with Gasteiger partial charge in [0, 0.05) is 17.3 Å². The van der Waals surface area contributed by atoms with Gasteiger partial charge in [-0.25, -0.2) is 4.98 Å². The van der Waals surface area contributed by atoms with Crippen molar-refractivity contribution in [3.05, 3.63) is 84.4 Å². The first-order chi connectivity index (χ1) is 10.4. The quantitative estimate of drug-likeness (QED) is 0.680. The van der Waals surface area contributed by atoms with Crippen LogP contribution in [0, 0.1) is 11.3 Å². The number of nitriles is 1. The second-order valence-corrected chi connectivity index (χ2v) is 5.68. The van der Waals surface area contributed by atoms with E-state index in [0.717, 1.165) is 5.56 Å². The number of hydrogen-bond acceptors (Lipinski definition) is 3. The van der Waals surface area contributed by atoms with Gasteiger partial charge in [0.25, 0.3) is 0 Å². The zero-order valence-electron chi connectivity index (χ0n) is 11.3. The minimum atomic E-state index is 0.0997. The van der Waals surface area contributed by atoms with Crippen molar-refractivity contribution in [1.82, 2.24) is 9.55 Å². The maximum Gasteiger partial charge on any atom is 0.110 e. The molecule has 4 heteroatoms. The van der Waals surface area contributed by atoms with E-state index in [2.05, 4.69) is 27.8 Å². The Hall–Kier alpha value is -2.51. The Labute approximate surface area is 127 Å². The molecule has 3 rings (SSSR count). The highest BCUT2D eigenvalue weighted by molar-refractivity contribution is 7.99. The maximum absolute atomic E-state index is 8.92. The summed E-state index contributed by atoms with van der Waals surface area (Å²) >= 11 is 1.75. The lowest BCUT2D eigenvalue weighted by atomic mass is 10.1. The average molecular weight is 291 g/mol. The molecule has 1 aromatic heterocycles. The average Bonchev–Trinajstić information content (AvgIpc) is 3.08. The Morgan fingerprint density at radius 2 is 1.81 bits per heavy atom. The van der Waals surface area contributed by atoms with Crippen molar-refractivity contribution in [3.63, 3.8) is 0 Å². The second-order valence-electron chi connectivity index (χ2n) is 4.53. The van der Waals surface area contributed by atoms with Crippen molar-refractivity contribution in [1.29, 1.82) is 5.26 Å². The van der Waals surface area contributed by atoms with Crippen LogP contribution in [0.2, 0.25) is 0 Å². The Balaban J connectivity index is 1.94. The van der Waals surface area contributed by atoms with Crippen LogP contribution in [-0.2, 0) is 0 Å². The van der Waals surface area contributed by atoms with Gasteiger partial charge in [0.05, 0.1) is 18.0 Å². The molecule has 0 fully saturated rings. The molecule has 1 atom stereocenters. The fourth-order valence-corrected chi connectivity index (χ4v) is 3.17. The number of benzene rings is 2. The Morgan fingerprint density at radius 1 is 1.05 bits per heavy atom. The summed E-state index contributed by atoms with van der Waals surface area (Å²) in [6, 6.07) is 20.1. The SMILES string of the molecule is N#Cc1ccc(C(Sc2ccccc2)n2ccnc2)cc1. The highest BCUT2D eigenvalue weighted by Gasteiger charge is 2.14. The van der Waals surface area contributed by atoms with Gasteiger partial charge in [-0.15, -0.1) is 0 Å². The van der Waals surface area contributed by atoms with Gasteiger partial charge in [-0.3, -0.25) is 0 Å². The second kappa shape index (κ2) is 6.29. The molecule has 0 N–H and O–H groups in total. The van der Waals surface area contributed by atoms with Gasteiger partial charge < -0.3 is 4.57 Å². The van der Waals surface area contributed by atoms with Crippen molar-refractivity contribution in [2.24, 2.45) is 0 Å². The summed E-state index contributed by atoms with van der Waals surface area (Å²) in [7, 11) is 0. The standard InChI is InChI=1S/C17H13N3S/c18-12-14-6-8-15(9-7-14)17(20-11-10-19-13-20)21-16-4-2-1-3-5-16/h1-11,13,17H. The van der Waals surface area contributed by atoms with E-state index in [4.69, 9.17) is 5.26 Å². The largest absolute Gasteiger partial charge is 0.320 e. The van der Waals surface area contributed by atoms with E-state index in [1.54, 1.807) is 18.0 Å². The smallest absolute Gasteiger partial charge is 0.110 e. The zero-order chi connectivity index (χ0) is 14.5. The predicted molar refractivity (Wildman–Crippen MR) is 83.8 cm³/mol. The number of nitrogens with zero attached hydrogens (tertiary/aromatic N) is 3. The summed E-state index contributed by atoms with van der Waals surface area (Å²) in [5.41, 5.74) is 1.81. The minimum Gasteiger partial charge on any atom is -0.320 e. The first-order valence-electron chi connectivity index (χ1n) is 6.56. The molecule has 0 spiro atoms. The van der Waals surface area contributed by atoms with E-state index in [9.17, 15) is 0 Å². The number of aromatic nitrogens is 2. The van der Waals surface area contributed by atoms with Crippen molar-refractivity contribution in [3.8, 4) is 6.07 Å². The fourth-order valence-electron chi connectivity index (χ4n) is 2.06. The highest BCUT2D eigenvalue weighted by Crippen LogP contribution is 2.36. The fraction of sp³-hybridized carbons (Fsp3) is 0.0588. The maximum atomic E-state index is 8.92. The van der Waals surface area contributed by atoms with Crippen LogP contribution in [0.5, 0.6) is 0 Å². The van der Waals surface area contributed by atoms with E-state index in [-0.39, 0.29) is 5.37 Å². The summed E-state index contributed by atoms with van der Waals surface area (Å²) in [5.74, 6) is 0. The van der Waals surface area contributed by atoms with Crippen molar-refractivity contribution in [2.45, 2.75) is 10.3 Å². The van der Waals surface area contributed by atoms with Crippen LogP contribution < -0.4 is 0 Å². The molecule has 0 aliphatic heterocycles. The molecule has 0 aliphatic rings. The van der Waals surface area contributed by atoms with Crippen LogP contribution in [0.1, 0.15) is 16.5 Å². The molecule has 0 amide bonds. The number of rotatable bonds is 4. The lowest BCUT2D eigenvalue weighted by Gasteiger charge is -2.18. The summed E-state index contributed by atoms with van der Waals surface area (Å²) in [4.78, 5) is 5.34. The molecule has 3 aromatic rings. The molecule has 21 heavy (non-hydrogen) atoms. The third kappa shape index (κ3) is 3.15. The molecule has 3 nitrogen and oxygen atoms in total. The van der Waals surface area contributed by atoms with Crippen LogP contribution in [0.4, 0.5) is 0 Å². The van der Waals surface area contributed by atoms with E-state index in [1.165, 1.54) is 4.90 Å². The summed E-state index contributed by atoms with van der Waals surface area (Å²) in [6.45, 7) is 0. The van der Waals surface area contributed by atoms with E-state index in [1.807, 2.05) is 55.0 Å². The molecule has 1 unspecified atom stereocenters. The highest BCUT2D eigenvalue weighted by atomic mass is 32.2. The third-order valence-electron chi connectivity index (χ3n) is 3.11. The van der Waals surface area contributed by atoms with Crippen LogP contribution in [-0.4, -0.2) is 9.55 Å². The molecular formula is C17H13N3S. The Bertz CT molecular complexity index is 728. The summed E-state index contributed by atoms with van der Waals surface area (Å²) in [5, 5.41) is 9.02. The van der Waals surface area contributed by atoms with Gasteiger partial charge in [-0.1, -0.05) is 42.1 Å². The zero-order valence-corrected chi connectivity index (χ0v) is 12.1. The predicted octanol–water partition coefficient (Wildman–Crippen LogP) is 4.09. The van der Waals surface area contributed by atoms with Crippen LogP contribution >= 0.6 is 11.8 Å². The molecule has 0 bridgehead atoms. The normalized spacial score (nSPS) is 11.8. The molecular weight excluding hydrogens is 278 g/mol. The summed E-state index contributed by atoms with van der Waals surface area (Å²) < 4.78 is 2.07. The van der Waals surface area contributed by atoms with E-state index < -0.39 is 0 Å². The topological polar surface area (TPSA) is 41.6 Å². The van der Waals surface area contributed by atoms with E-state index in [0.29, 0.717) is 5.56 Å². The molecule has 0 radical (unpaired) electrons. The van der Waals surface area contributed by atoms with E-state index >= 15 is 0 Å². The molecule has 1 heterocycles. The first kappa shape index (κ1) is 13.5. The van der Waals surface area contributed by atoms with Gasteiger partial charge in [0.1, 0.15) is 5.37 Å².